The van der Waals surface area contributed by atoms with E-state index in [2.05, 4.69) is 22.9 Å². The highest BCUT2D eigenvalue weighted by Gasteiger charge is 2.34. The Hall–Kier alpha value is -2.81. The molecule has 2 aliphatic rings. The highest BCUT2D eigenvalue weighted by Crippen LogP contribution is 2.35. The third-order valence-electron chi connectivity index (χ3n) is 6.19. The Balaban J connectivity index is 1.28. The lowest BCUT2D eigenvalue weighted by molar-refractivity contribution is -0.123. The lowest BCUT2D eigenvalue weighted by Crippen LogP contribution is -2.35. The van der Waals surface area contributed by atoms with E-state index in [0.29, 0.717) is 28.9 Å². The van der Waals surface area contributed by atoms with Crippen LogP contribution in [0.25, 0.3) is 17.0 Å². The highest BCUT2D eigenvalue weighted by atomic mass is 32.2. The van der Waals surface area contributed by atoms with Crippen LogP contribution in [-0.4, -0.2) is 51.7 Å². The molecule has 5 rings (SSSR count). The van der Waals surface area contributed by atoms with Gasteiger partial charge in [0.2, 0.25) is 0 Å². The molecule has 0 radical (unpaired) electrons. The van der Waals surface area contributed by atoms with Crippen LogP contribution in [0.4, 0.5) is 0 Å². The van der Waals surface area contributed by atoms with E-state index in [1.807, 2.05) is 56.3 Å². The van der Waals surface area contributed by atoms with Crippen molar-refractivity contribution < 1.29 is 19.0 Å². The van der Waals surface area contributed by atoms with Crippen LogP contribution in [-0.2, 0) is 16.1 Å². The van der Waals surface area contributed by atoms with Gasteiger partial charge in [-0.25, -0.2) is 0 Å². The molecular weight excluding hydrogens is 492 g/mol. The molecule has 0 spiro atoms. The fourth-order valence-corrected chi connectivity index (χ4v) is 5.78. The van der Waals surface area contributed by atoms with Gasteiger partial charge in [-0.3, -0.25) is 9.69 Å². The van der Waals surface area contributed by atoms with E-state index in [0.717, 1.165) is 47.4 Å². The number of carbonyl (C=O) groups is 1. The quantitative estimate of drug-likeness (QED) is 0.258. The number of ether oxygens (including phenoxy) is 3. The van der Waals surface area contributed by atoms with Gasteiger partial charge in [0.1, 0.15) is 22.4 Å². The molecule has 3 aromatic rings. The number of amides is 1. The van der Waals surface area contributed by atoms with Crippen LogP contribution in [0.3, 0.4) is 0 Å². The molecule has 8 heteroatoms. The Kier molecular flexibility index (Phi) is 7.65. The molecule has 1 aromatic heterocycles. The molecule has 0 N–H and O–H groups in total. The van der Waals surface area contributed by atoms with E-state index in [4.69, 9.17) is 26.4 Å². The molecule has 1 atom stereocenters. The van der Waals surface area contributed by atoms with Crippen molar-refractivity contribution in [1.29, 1.82) is 0 Å². The molecule has 2 saturated heterocycles. The molecule has 0 unspecified atom stereocenters. The van der Waals surface area contributed by atoms with Crippen molar-refractivity contribution in [2.75, 3.05) is 19.8 Å². The van der Waals surface area contributed by atoms with Crippen LogP contribution in [0.15, 0.2) is 59.6 Å². The maximum absolute atomic E-state index is 13.1. The van der Waals surface area contributed by atoms with E-state index < -0.39 is 0 Å². The Morgan fingerprint density at radius 2 is 1.94 bits per heavy atom. The lowest BCUT2D eigenvalue weighted by atomic mass is 10.1. The zero-order chi connectivity index (χ0) is 25.1. The summed E-state index contributed by atoms with van der Waals surface area (Å²) in [6, 6.07) is 15.9. The number of nitrogens with zero attached hydrogens (tertiary/aromatic N) is 2. The molecule has 2 aliphatic heterocycles. The second-order valence-corrected chi connectivity index (χ2v) is 10.9. The molecule has 1 amide bonds. The van der Waals surface area contributed by atoms with Gasteiger partial charge in [0.25, 0.3) is 5.91 Å². The van der Waals surface area contributed by atoms with E-state index in [1.165, 1.54) is 11.8 Å². The summed E-state index contributed by atoms with van der Waals surface area (Å²) in [6.07, 6.45) is 6.27. The monoisotopic (exact) mass is 522 g/mol. The van der Waals surface area contributed by atoms with Gasteiger partial charge < -0.3 is 18.8 Å². The molecule has 6 nitrogen and oxygen atoms in total. The SMILES string of the molecule is CC(C)Oc1ccc(OCCn2cc(/C=C3\SC(=S)N(C[C@@H]4CCCO4)C3=O)c3ccccc32)cc1. The average molecular weight is 523 g/mol. The minimum Gasteiger partial charge on any atom is -0.492 e. The fourth-order valence-electron chi connectivity index (χ4n) is 4.51. The number of rotatable bonds is 9. The zero-order valence-electron chi connectivity index (χ0n) is 20.5. The smallest absolute Gasteiger partial charge is 0.266 e. The van der Waals surface area contributed by atoms with Gasteiger partial charge in [0.05, 0.1) is 30.2 Å². The molecule has 36 heavy (non-hydrogen) atoms. The first-order valence-corrected chi connectivity index (χ1v) is 13.5. The van der Waals surface area contributed by atoms with Gasteiger partial charge >= 0.3 is 0 Å². The number of thiocarbonyl (C=S) groups is 1. The maximum atomic E-state index is 13.1. The van der Waals surface area contributed by atoms with Crippen LogP contribution in [0.5, 0.6) is 11.5 Å². The Labute approximate surface area is 221 Å². The van der Waals surface area contributed by atoms with E-state index in [9.17, 15) is 4.79 Å². The van der Waals surface area contributed by atoms with Crippen LogP contribution < -0.4 is 9.47 Å². The first-order valence-electron chi connectivity index (χ1n) is 12.3. The largest absolute Gasteiger partial charge is 0.492 e. The number of benzene rings is 2. The molecule has 0 saturated carbocycles. The minimum absolute atomic E-state index is 0.0365. The van der Waals surface area contributed by atoms with Gasteiger partial charge in [-0.2, -0.15) is 0 Å². The normalized spacial score (nSPS) is 19.2. The summed E-state index contributed by atoms with van der Waals surface area (Å²) in [7, 11) is 0. The third kappa shape index (κ3) is 5.61. The Morgan fingerprint density at radius 3 is 2.69 bits per heavy atom. The van der Waals surface area contributed by atoms with Crippen LogP contribution in [0.1, 0.15) is 32.3 Å². The van der Waals surface area contributed by atoms with Gasteiger partial charge in [0.15, 0.2) is 0 Å². The number of para-hydroxylation sites is 1. The average Bonchev–Trinajstić information content (AvgIpc) is 3.56. The van der Waals surface area contributed by atoms with Crippen molar-refractivity contribution >= 4 is 51.2 Å². The molecule has 2 aromatic carbocycles. The maximum Gasteiger partial charge on any atom is 0.266 e. The van der Waals surface area contributed by atoms with Crippen molar-refractivity contribution in [1.82, 2.24) is 9.47 Å². The Bertz CT molecular complexity index is 1280. The van der Waals surface area contributed by atoms with Crippen LogP contribution >= 0.6 is 24.0 Å². The van der Waals surface area contributed by atoms with Gasteiger partial charge in [0, 0.05) is 29.3 Å². The summed E-state index contributed by atoms with van der Waals surface area (Å²) in [6.45, 7) is 6.51. The highest BCUT2D eigenvalue weighted by molar-refractivity contribution is 8.26. The summed E-state index contributed by atoms with van der Waals surface area (Å²) in [5, 5.41) is 1.09. The fraction of sp³-hybridized carbons (Fsp3) is 0.357. The number of carbonyl (C=O) groups excluding carboxylic acids is 1. The predicted molar refractivity (Wildman–Crippen MR) is 148 cm³/mol. The van der Waals surface area contributed by atoms with E-state index >= 15 is 0 Å². The van der Waals surface area contributed by atoms with Gasteiger partial charge in [-0.05, 0) is 63.1 Å². The van der Waals surface area contributed by atoms with Crippen molar-refractivity contribution in [2.24, 2.45) is 0 Å². The van der Waals surface area contributed by atoms with Gasteiger partial charge in [-0.1, -0.05) is 42.2 Å². The van der Waals surface area contributed by atoms with Crippen molar-refractivity contribution in [3.05, 3.63) is 65.2 Å². The molecule has 2 fully saturated rings. The number of hydrogen-bond donors (Lipinski definition) is 0. The van der Waals surface area contributed by atoms with Crippen LogP contribution in [0, 0.1) is 0 Å². The lowest BCUT2D eigenvalue weighted by Gasteiger charge is -2.18. The summed E-state index contributed by atoms with van der Waals surface area (Å²) >= 11 is 6.89. The van der Waals surface area contributed by atoms with Crippen LogP contribution in [0.2, 0.25) is 0 Å². The zero-order valence-corrected chi connectivity index (χ0v) is 22.1. The standard InChI is InChI=1S/C28H30N2O4S2/c1-19(2)34-22-11-9-21(10-12-22)33-15-13-29-17-20(24-7-3-4-8-25(24)29)16-26-27(31)30(28(35)36-26)18-23-6-5-14-32-23/h3-4,7-12,16-17,19,23H,5-6,13-15,18H2,1-2H3/b26-16-/t23-/m0/s1. The van der Waals surface area contributed by atoms with E-state index in [-0.39, 0.29) is 18.1 Å². The van der Waals surface area contributed by atoms with Gasteiger partial charge in [-0.15, -0.1) is 0 Å². The number of fused-ring (bicyclic) bond motifs is 1. The molecular formula is C28H30N2O4S2. The topological polar surface area (TPSA) is 52.9 Å². The first-order chi connectivity index (χ1) is 17.5. The Morgan fingerprint density at radius 1 is 1.17 bits per heavy atom. The number of aromatic nitrogens is 1. The minimum atomic E-state index is -0.0365. The van der Waals surface area contributed by atoms with E-state index in [1.54, 1.807) is 4.90 Å². The molecule has 3 heterocycles. The molecule has 188 valence electrons. The molecule has 0 bridgehead atoms. The third-order valence-corrected chi connectivity index (χ3v) is 7.56. The predicted octanol–water partition coefficient (Wildman–Crippen LogP) is 5.89. The number of hydrogen-bond acceptors (Lipinski definition) is 6. The summed E-state index contributed by atoms with van der Waals surface area (Å²) in [5.41, 5.74) is 2.10. The van der Waals surface area contributed by atoms with Crippen molar-refractivity contribution in [3.63, 3.8) is 0 Å². The molecule has 0 aliphatic carbocycles. The first kappa shape index (κ1) is 24.9. The van der Waals surface area contributed by atoms with Crippen molar-refractivity contribution in [2.45, 2.75) is 45.4 Å². The second-order valence-electron chi connectivity index (χ2n) is 9.21. The second kappa shape index (κ2) is 11.1. The summed E-state index contributed by atoms with van der Waals surface area (Å²) in [4.78, 5) is 15.5. The summed E-state index contributed by atoms with van der Waals surface area (Å²) in [5.74, 6) is 1.60. The summed E-state index contributed by atoms with van der Waals surface area (Å²) < 4.78 is 20.2. The van der Waals surface area contributed by atoms with Crippen molar-refractivity contribution in [3.8, 4) is 11.5 Å². The number of thioether (sulfide) groups is 1.